The Morgan fingerprint density at radius 2 is 1.44 bits per heavy atom. The fourth-order valence-corrected chi connectivity index (χ4v) is 3.64. The third-order valence-electron chi connectivity index (χ3n) is 4.96. The molecule has 0 bridgehead atoms. The van der Waals surface area contributed by atoms with Gasteiger partial charge in [0.25, 0.3) is 0 Å². The lowest BCUT2D eigenvalue weighted by Crippen LogP contribution is -2.67. The second kappa shape index (κ2) is 16.9. The van der Waals surface area contributed by atoms with Gasteiger partial charge < -0.3 is 48.5 Å². The molecule has 0 spiro atoms. The minimum atomic E-state index is -1.98. The molecule has 1 rings (SSSR count). The summed E-state index contributed by atoms with van der Waals surface area (Å²) < 4.78 is 40.1. The van der Waals surface area contributed by atoms with Crippen LogP contribution in [0.1, 0.15) is 41.5 Å². The van der Waals surface area contributed by atoms with E-state index < -0.39 is 102 Å². The van der Waals surface area contributed by atoms with Crippen LogP contribution < -0.4 is 10.6 Å². The highest BCUT2D eigenvalue weighted by atomic mass is 35.6. The van der Waals surface area contributed by atoms with Crippen molar-refractivity contribution in [3.8, 4) is 0 Å². The average Bonchev–Trinajstić information content (AvgIpc) is 2.84. The van der Waals surface area contributed by atoms with Crippen molar-refractivity contribution in [1.82, 2.24) is 10.6 Å². The van der Waals surface area contributed by atoms with Crippen molar-refractivity contribution >= 4 is 70.9 Å². The van der Waals surface area contributed by atoms with Gasteiger partial charge in [-0.25, -0.2) is 14.4 Å². The Morgan fingerprint density at radius 3 is 1.93 bits per heavy atom. The summed E-state index contributed by atoms with van der Waals surface area (Å²) in [5.41, 5.74) is -0.910. The van der Waals surface area contributed by atoms with E-state index in [-0.39, 0.29) is 0 Å². The molecule has 2 amide bonds. The number of carbonyl (C=O) groups excluding carboxylic acids is 6. The number of carbonyl (C=O) groups is 6. The van der Waals surface area contributed by atoms with Crippen molar-refractivity contribution in [3.05, 3.63) is 0 Å². The number of halogens is 3. The number of amides is 2. The van der Waals surface area contributed by atoms with Crippen LogP contribution in [0.3, 0.4) is 0 Å². The summed E-state index contributed by atoms with van der Waals surface area (Å²) in [7, 11) is 1.06. The zero-order valence-corrected chi connectivity index (χ0v) is 26.7. The molecule has 19 heteroatoms. The van der Waals surface area contributed by atoms with Crippen LogP contribution in [-0.4, -0.2) is 109 Å². The molecule has 1 saturated heterocycles. The second-order valence-electron chi connectivity index (χ2n) is 9.91. The Morgan fingerprint density at radius 1 is 0.860 bits per heavy atom. The number of nitrogens with one attached hydrogen (secondary N) is 2. The van der Waals surface area contributed by atoms with Gasteiger partial charge >= 0.3 is 36.1 Å². The molecule has 0 aliphatic carbocycles. The van der Waals surface area contributed by atoms with E-state index >= 15 is 0 Å². The number of ether oxygens (including phenoxy) is 8. The van der Waals surface area contributed by atoms with Crippen LogP contribution in [-0.2, 0) is 57.1 Å². The van der Waals surface area contributed by atoms with Crippen LogP contribution in [0.25, 0.3) is 0 Å². The maximum atomic E-state index is 12.6. The summed E-state index contributed by atoms with van der Waals surface area (Å²) in [6.45, 7) is 6.12. The molecule has 1 heterocycles. The minimum absolute atomic E-state index is 0.522. The van der Waals surface area contributed by atoms with Gasteiger partial charge in [0, 0.05) is 20.8 Å². The van der Waals surface area contributed by atoms with E-state index in [0.29, 0.717) is 0 Å². The predicted octanol–water partition coefficient (Wildman–Crippen LogP) is 1.69. The SMILES string of the molecule is COC(=O)[C@H](CO[C@@H]1O[C@H](COC(C)=O)[C@@H](OC(C)=O)[C@H](OC(C)=O)[C@H]1NC(=O)OCC(Cl)(Cl)Cl)NC(=O)OC(C)(C)C. The zero-order valence-electron chi connectivity index (χ0n) is 24.4. The molecule has 0 aromatic carbocycles. The summed E-state index contributed by atoms with van der Waals surface area (Å²) in [4.78, 5) is 73.0. The first-order valence-corrected chi connectivity index (χ1v) is 13.7. The van der Waals surface area contributed by atoms with Crippen molar-refractivity contribution in [3.63, 3.8) is 0 Å². The Labute approximate surface area is 262 Å². The lowest BCUT2D eigenvalue weighted by molar-refractivity contribution is -0.278. The fraction of sp³-hybridized carbons (Fsp3) is 0.750. The first kappa shape index (κ1) is 38.2. The van der Waals surface area contributed by atoms with Gasteiger partial charge in [-0.2, -0.15) is 0 Å². The van der Waals surface area contributed by atoms with Gasteiger partial charge in [-0.3, -0.25) is 14.4 Å². The van der Waals surface area contributed by atoms with E-state index in [1.54, 1.807) is 20.8 Å². The number of alkyl halides is 3. The predicted molar refractivity (Wildman–Crippen MR) is 146 cm³/mol. The average molecular weight is 682 g/mol. The lowest BCUT2D eigenvalue weighted by atomic mass is 9.96. The molecule has 0 aromatic heterocycles. The maximum absolute atomic E-state index is 12.6. The molecule has 1 aliphatic heterocycles. The Balaban J connectivity index is 3.45. The van der Waals surface area contributed by atoms with Gasteiger partial charge in [0.1, 0.15) is 31.0 Å². The van der Waals surface area contributed by atoms with Gasteiger partial charge in [0.05, 0.1) is 13.7 Å². The van der Waals surface area contributed by atoms with Gasteiger partial charge in [-0.15, -0.1) is 0 Å². The molecule has 0 aromatic rings. The highest BCUT2D eigenvalue weighted by Gasteiger charge is 2.52. The molecule has 1 aliphatic rings. The van der Waals surface area contributed by atoms with Gasteiger partial charge in [0.15, 0.2) is 24.5 Å². The lowest BCUT2D eigenvalue weighted by Gasteiger charge is -2.45. The molecule has 0 unspecified atom stereocenters. The summed E-state index contributed by atoms with van der Waals surface area (Å²) in [5, 5.41) is 4.62. The normalized spacial score (nSPS) is 22.7. The standard InChI is InChI=1S/C24H35Cl3N2O14/c1-11(30)37-9-15-17(40-12(2)31)18(41-13(3)32)16(29-21(34)39-10-24(25,26)27)20(42-15)38-8-14(19(33)36-7)28-22(35)43-23(4,5)6/h14-18,20H,8-10H2,1-7H3,(H,28,35)(H,29,34)/t14-,15+,16+,17+,18+,20+/m0/s1. The largest absolute Gasteiger partial charge is 0.467 e. The van der Waals surface area contributed by atoms with Crippen molar-refractivity contribution in [2.24, 2.45) is 0 Å². The number of hydrogen-bond donors (Lipinski definition) is 2. The molecule has 1 fully saturated rings. The van der Waals surface area contributed by atoms with Crippen LogP contribution in [0.15, 0.2) is 0 Å². The number of hydrogen-bond acceptors (Lipinski definition) is 14. The monoisotopic (exact) mass is 680 g/mol. The molecule has 2 N–H and O–H groups in total. The van der Waals surface area contributed by atoms with Crippen LogP contribution in [0.5, 0.6) is 0 Å². The zero-order chi connectivity index (χ0) is 33.1. The van der Waals surface area contributed by atoms with Crippen molar-refractivity contribution in [2.45, 2.75) is 87.6 Å². The number of alkyl carbamates (subject to hydrolysis) is 2. The van der Waals surface area contributed by atoms with Gasteiger partial charge in [-0.05, 0) is 20.8 Å². The first-order valence-electron chi connectivity index (χ1n) is 12.5. The highest BCUT2D eigenvalue weighted by Crippen LogP contribution is 2.29. The minimum Gasteiger partial charge on any atom is -0.467 e. The number of rotatable bonds is 11. The third kappa shape index (κ3) is 15.0. The summed E-state index contributed by atoms with van der Waals surface area (Å²) in [6.07, 6.45) is -8.16. The highest BCUT2D eigenvalue weighted by molar-refractivity contribution is 6.67. The van der Waals surface area contributed by atoms with Gasteiger partial charge in [-0.1, -0.05) is 34.8 Å². The smallest absolute Gasteiger partial charge is 0.408 e. The molecule has 43 heavy (non-hydrogen) atoms. The number of esters is 4. The van der Waals surface area contributed by atoms with E-state index in [1.165, 1.54) is 0 Å². The summed E-state index contributed by atoms with van der Waals surface area (Å²) in [6, 6.07) is -2.99. The second-order valence-corrected chi connectivity index (χ2v) is 12.4. The Bertz CT molecular complexity index is 1020. The number of methoxy groups -OCH3 is 1. The van der Waals surface area contributed by atoms with Crippen LogP contribution in [0, 0.1) is 0 Å². The van der Waals surface area contributed by atoms with E-state index in [9.17, 15) is 28.8 Å². The van der Waals surface area contributed by atoms with E-state index in [2.05, 4.69) is 10.6 Å². The molecule has 16 nitrogen and oxygen atoms in total. The summed E-state index contributed by atoms with van der Waals surface area (Å²) >= 11 is 16.9. The van der Waals surface area contributed by atoms with E-state index in [4.69, 9.17) is 72.7 Å². The van der Waals surface area contributed by atoms with Crippen molar-refractivity contribution in [1.29, 1.82) is 0 Å². The van der Waals surface area contributed by atoms with Crippen LogP contribution in [0.4, 0.5) is 9.59 Å². The van der Waals surface area contributed by atoms with Crippen LogP contribution >= 0.6 is 34.8 Å². The molecule has 6 atom stereocenters. The third-order valence-corrected chi connectivity index (χ3v) is 5.28. The molecule has 246 valence electrons. The van der Waals surface area contributed by atoms with Crippen LogP contribution in [0.2, 0.25) is 0 Å². The topological polar surface area (TPSA) is 200 Å². The summed E-state index contributed by atoms with van der Waals surface area (Å²) in [5.74, 6) is -3.40. The Kier molecular flexibility index (Phi) is 15.0. The first-order chi connectivity index (χ1) is 19.7. The van der Waals surface area contributed by atoms with E-state index in [0.717, 1.165) is 27.9 Å². The Hall–Kier alpha value is -2.79. The van der Waals surface area contributed by atoms with Crippen molar-refractivity contribution < 1.29 is 66.7 Å². The maximum Gasteiger partial charge on any atom is 0.408 e. The molecule has 0 saturated carbocycles. The molecular weight excluding hydrogens is 647 g/mol. The molecular formula is C24H35Cl3N2O14. The van der Waals surface area contributed by atoms with E-state index in [1.807, 2.05) is 0 Å². The quantitative estimate of drug-likeness (QED) is 0.181. The fourth-order valence-electron chi connectivity index (χ4n) is 3.48. The molecule has 0 radical (unpaired) electrons. The van der Waals surface area contributed by atoms with Crippen molar-refractivity contribution in [2.75, 3.05) is 26.9 Å². The van der Waals surface area contributed by atoms with Gasteiger partial charge in [0.2, 0.25) is 3.79 Å².